The molecule has 0 amide bonds. The molecule has 20 heavy (non-hydrogen) atoms. The summed E-state index contributed by atoms with van der Waals surface area (Å²) < 4.78 is 14.2. The number of fused-ring (bicyclic) bond motifs is 2. The van der Waals surface area contributed by atoms with Gasteiger partial charge in [-0.2, -0.15) is 0 Å². The normalized spacial score (nSPS) is 29.6. The molecular weight excluding hydrogens is 275 g/mol. The van der Waals surface area contributed by atoms with Crippen molar-refractivity contribution in [1.29, 1.82) is 0 Å². The highest BCUT2D eigenvalue weighted by molar-refractivity contribution is 6.30. The lowest BCUT2D eigenvalue weighted by atomic mass is 9.81. The van der Waals surface area contributed by atoms with Gasteiger partial charge in [0.2, 0.25) is 0 Å². The molecule has 0 spiro atoms. The number of hydrogen-bond acceptors (Lipinski definition) is 2. The number of rotatable bonds is 3. The third-order valence-electron chi connectivity index (χ3n) is 4.65. The van der Waals surface area contributed by atoms with Gasteiger partial charge in [-0.15, -0.1) is 0 Å². The summed E-state index contributed by atoms with van der Waals surface area (Å²) in [4.78, 5) is 2.30. The van der Waals surface area contributed by atoms with E-state index >= 15 is 0 Å². The van der Waals surface area contributed by atoms with E-state index in [1.54, 1.807) is 12.1 Å². The molecule has 2 heterocycles. The van der Waals surface area contributed by atoms with E-state index in [4.69, 9.17) is 11.6 Å². The molecule has 0 aromatic heterocycles. The second-order valence-corrected chi connectivity index (χ2v) is 6.40. The van der Waals surface area contributed by atoms with Gasteiger partial charge in [0.25, 0.3) is 0 Å². The van der Waals surface area contributed by atoms with Crippen LogP contribution in [0.3, 0.4) is 0 Å². The van der Waals surface area contributed by atoms with E-state index in [1.165, 1.54) is 12.5 Å². The minimum Gasteiger partial charge on any atom is -0.363 e. The molecule has 110 valence electrons. The van der Waals surface area contributed by atoms with Crippen LogP contribution in [0.5, 0.6) is 0 Å². The molecule has 0 radical (unpaired) electrons. The van der Waals surface area contributed by atoms with Gasteiger partial charge in [-0.25, -0.2) is 4.39 Å². The van der Waals surface area contributed by atoms with Crippen LogP contribution in [-0.2, 0) is 0 Å². The average molecular weight is 297 g/mol. The number of nitrogens with zero attached hydrogens (tertiary/aromatic N) is 1. The molecule has 2 atom stereocenters. The summed E-state index contributed by atoms with van der Waals surface area (Å²) in [5.41, 5.74) is 0.696. The first-order valence-electron chi connectivity index (χ1n) is 7.65. The third kappa shape index (κ3) is 2.66. The first kappa shape index (κ1) is 14.2. The Balaban J connectivity index is 1.88. The van der Waals surface area contributed by atoms with Gasteiger partial charge in [0.1, 0.15) is 5.82 Å². The Morgan fingerprint density at radius 1 is 1.30 bits per heavy atom. The average Bonchev–Trinajstić information content (AvgIpc) is 2.41. The van der Waals surface area contributed by atoms with E-state index in [-0.39, 0.29) is 5.82 Å². The molecule has 1 N–H and O–H groups in total. The van der Waals surface area contributed by atoms with E-state index in [0.717, 1.165) is 32.2 Å². The Morgan fingerprint density at radius 3 is 2.65 bits per heavy atom. The number of anilines is 1. The number of halogens is 2. The van der Waals surface area contributed by atoms with Gasteiger partial charge in [0, 0.05) is 23.1 Å². The van der Waals surface area contributed by atoms with Crippen molar-refractivity contribution >= 4 is 17.3 Å². The summed E-state index contributed by atoms with van der Waals surface area (Å²) in [6, 6.07) is 6.37. The van der Waals surface area contributed by atoms with Crippen LogP contribution in [0.2, 0.25) is 5.02 Å². The van der Waals surface area contributed by atoms with Crippen LogP contribution in [0, 0.1) is 5.82 Å². The summed E-state index contributed by atoms with van der Waals surface area (Å²) in [7, 11) is 0. The number of hydrogen-bond donors (Lipinski definition) is 1. The Morgan fingerprint density at radius 2 is 2.00 bits per heavy atom. The molecule has 2 unspecified atom stereocenters. The lowest BCUT2D eigenvalue weighted by molar-refractivity contribution is 0.246. The molecule has 3 rings (SSSR count). The summed E-state index contributed by atoms with van der Waals surface area (Å²) in [5.74, 6) is -0.145. The van der Waals surface area contributed by atoms with Crippen molar-refractivity contribution < 1.29 is 4.39 Å². The second-order valence-electron chi connectivity index (χ2n) is 5.97. The van der Waals surface area contributed by atoms with E-state index in [9.17, 15) is 4.39 Å². The zero-order valence-corrected chi connectivity index (χ0v) is 12.7. The fraction of sp³-hybridized carbons (Fsp3) is 0.625. The third-order valence-corrected chi connectivity index (χ3v) is 4.89. The van der Waals surface area contributed by atoms with E-state index in [0.29, 0.717) is 28.8 Å². The van der Waals surface area contributed by atoms with Crippen molar-refractivity contribution in [3.8, 4) is 0 Å². The fourth-order valence-corrected chi connectivity index (χ4v) is 4.08. The summed E-state index contributed by atoms with van der Waals surface area (Å²) in [5, 5.41) is 4.18. The topological polar surface area (TPSA) is 15.3 Å². The maximum absolute atomic E-state index is 14.2. The van der Waals surface area contributed by atoms with Gasteiger partial charge in [-0.3, -0.25) is 0 Å². The van der Waals surface area contributed by atoms with Gasteiger partial charge in [0.05, 0.1) is 5.69 Å². The number of benzene rings is 1. The number of piperidine rings is 2. The van der Waals surface area contributed by atoms with E-state index < -0.39 is 0 Å². The van der Waals surface area contributed by atoms with Crippen molar-refractivity contribution in [2.45, 2.75) is 57.2 Å². The van der Waals surface area contributed by atoms with Gasteiger partial charge in [-0.1, -0.05) is 18.5 Å². The van der Waals surface area contributed by atoms with E-state index in [1.807, 2.05) is 0 Å². The lowest BCUT2D eigenvalue weighted by Crippen LogP contribution is -2.56. The van der Waals surface area contributed by atoms with Crippen LogP contribution < -0.4 is 10.2 Å². The lowest BCUT2D eigenvalue weighted by Gasteiger charge is -2.50. The Kier molecular flexibility index (Phi) is 4.18. The maximum Gasteiger partial charge on any atom is 0.146 e. The summed E-state index contributed by atoms with van der Waals surface area (Å²) in [6.45, 7) is 3.16. The monoisotopic (exact) mass is 296 g/mol. The zero-order chi connectivity index (χ0) is 14.1. The smallest absolute Gasteiger partial charge is 0.146 e. The fourth-order valence-electron chi connectivity index (χ4n) is 3.91. The van der Waals surface area contributed by atoms with Crippen LogP contribution in [-0.4, -0.2) is 24.7 Å². The van der Waals surface area contributed by atoms with E-state index in [2.05, 4.69) is 17.1 Å². The molecular formula is C16H22ClFN2. The van der Waals surface area contributed by atoms with Crippen molar-refractivity contribution in [2.24, 2.45) is 0 Å². The molecule has 2 bridgehead atoms. The Hall–Kier alpha value is -0.800. The number of nitrogens with one attached hydrogen (secondary N) is 1. The first-order chi connectivity index (χ1) is 9.69. The molecule has 2 fully saturated rings. The van der Waals surface area contributed by atoms with Gasteiger partial charge in [0.15, 0.2) is 0 Å². The molecule has 2 aliphatic heterocycles. The Bertz CT molecular complexity index is 466. The highest BCUT2D eigenvalue weighted by Gasteiger charge is 2.38. The molecule has 1 aromatic carbocycles. The minimum absolute atomic E-state index is 0.145. The quantitative estimate of drug-likeness (QED) is 0.907. The standard InChI is InChI=1S/C16H22ClFN2/c1-2-19-12-9-13-4-3-5-14(10-12)20(13)16-8-11(17)6-7-15(16)18/h6-8,12-14,19H,2-5,9-10H2,1H3. The highest BCUT2D eigenvalue weighted by atomic mass is 35.5. The molecule has 2 nitrogen and oxygen atoms in total. The molecule has 0 aliphatic carbocycles. The molecule has 2 aliphatic rings. The van der Waals surface area contributed by atoms with Gasteiger partial charge >= 0.3 is 0 Å². The maximum atomic E-state index is 14.2. The van der Waals surface area contributed by atoms with Crippen LogP contribution in [0.25, 0.3) is 0 Å². The van der Waals surface area contributed by atoms with Crippen LogP contribution in [0.4, 0.5) is 10.1 Å². The van der Waals surface area contributed by atoms with Crippen LogP contribution >= 0.6 is 11.6 Å². The van der Waals surface area contributed by atoms with Gasteiger partial charge < -0.3 is 10.2 Å². The first-order valence-corrected chi connectivity index (χ1v) is 8.03. The summed E-state index contributed by atoms with van der Waals surface area (Å²) in [6.07, 6.45) is 5.79. The largest absolute Gasteiger partial charge is 0.363 e. The van der Waals surface area contributed by atoms with Crippen molar-refractivity contribution in [3.63, 3.8) is 0 Å². The van der Waals surface area contributed by atoms with Crippen molar-refractivity contribution in [3.05, 3.63) is 29.0 Å². The SMILES string of the molecule is CCNC1CC2CCCC(C1)N2c1cc(Cl)ccc1F. The van der Waals surface area contributed by atoms with Crippen molar-refractivity contribution in [2.75, 3.05) is 11.4 Å². The van der Waals surface area contributed by atoms with Crippen molar-refractivity contribution in [1.82, 2.24) is 5.32 Å². The molecule has 4 heteroatoms. The Labute approximate surface area is 125 Å². The zero-order valence-electron chi connectivity index (χ0n) is 11.9. The minimum atomic E-state index is -0.145. The predicted molar refractivity (Wildman–Crippen MR) is 82.0 cm³/mol. The molecule has 2 saturated heterocycles. The molecule has 0 saturated carbocycles. The van der Waals surface area contributed by atoms with Crippen LogP contribution in [0.1, 0.15) is 39.0 Å². The second kappa shape index (κ2) is 5.90. The summed E-state index contributed by atoms with van der Waals surface area (Å²) >= 11 is 6.07. The predicted octanol–water partition coefficient (Wildman–Crippen LogP) is 3.98. The highest BCUT2D eigenvalue weighted by Crippen LogP contribution is 2.39. The van der Waals surface area contributed by atoms with Gasteiger partial charge in [-0.05, 0) is 56.8 Å². The molecule has 1 aromatic rings. The van der Waals surface area contributed by atoms with Crippen LogP contribution in [0.15, 0.2) is 18.2 Å².